The van der Waals surface area contributed by atoms with Crippen LogP contribution in [0.5, 0.6) is 5.75 Å². The van der Waals surface area contributed by atoms with Crippen molar-refractivity contribution >= 4 is 34.1 Å². The average Bonchev–Trinajstić information content (AvgIpc) is 2.77. The van der Waals surface area contributed by atoms with Crippen LogP contribution in [0.1, 0.15) is 53.3 Å². The van der Waals surface area contributed by atoms with Gasteiger partial charge in [0.2, 0.25) is 0 Å². The number of azo groups is 1. The summed E-state index contributed by atoms with van der Waals surface area (Å²) in [5.41, 5.74) is 0.403. The smallest absolute Gasteiger partial charge is 0.335 e. The van der Waals surface area contributed by atoms with Gasteiger partial charge in [-0.1, -0.05) is 50.5 Å². The number of aromatic carboxylic acids is 2. The zero-order valence-electron chi connectivity index (χ0n) is 17.2. The molecular formula is C24H24N2O5. The van der Waals surface area contributed by atoms with E-state index in [0.29, 0.717) is 12.3 Å². The molecule has 0 aliphatic heterocycles. The lowest BCUT2D eigenvalue weighted by molar-refractivity contribution is 0.0696. The molecule has 0 fully saturated rings. The van der Waals surface area contributed by atoms with Crippen LogP contribution < -0.4 is 4.74 Å². The Hall–Kier alpha value is -3.74. The molecule has 0 amide bonds. The first-order valence-electron chi connectivity index (χ1n) is 10.2. The van der Waals surface area contributed by atoms with E-state index >= 15 is 0 Å². The summed E-state index contributed by atoms with van der Waals surface area (Å²) in [6, 6.07) is 14.9. The first kappa shape index (κ1) is 22.0. The second-order valence-corrected chi connectivity index (χ2v) is 7.12. The second kappa shape index (κ2) is 10.3. The molecule has 0 aliphatic rings. The summed E-state index contributed by atoms with van der Waals surface area (Å²) in [6.07, 6.45) is 4.49. The van der Waals surface area contributed by atoms with Gasteiger partial charge in [-0.3, -0.25) is 0 Å². The van der Waals surface area contributed by atoms with Crippen molar-refractivity contribution in [3.8, 4) is 5.75 Å². The topological polar surface area (TPSA) is 109 Å². The molecule has 0 radical (unpaired) electrons. The minimum Gasteiger partial charge on any atom is -0.493 e. The summed E-state index contributed by atoms with van der Waals surface area (Å²) in [7, 11) is 0. The SMILES string of the molecule is CCCCCCOc1ccc(N=Nc2cc(C(=O)O)cc(C(=O)O)c2)c2ccccc12. The van der Waals surface area contributed by atoms with Gasteiger partial charge in [-0.2, -0.15) is 5.11 Å². The molecule has 0 aromatic heterocycles. The highest BCUT2D eigenvalue weighted by Crippen LogP contribution is 2.34. The van der Waals surface area contributed by atoms with Crippen molar-refractivity contribution < 1.29 is 24.5 Å². The van der Waals surface area contributed by atoms with Crippen molar-refractivity contribution in [1.82, 2.24) is 0 Å². The van der Waals surface area contributed by atoms with E-state index < -0.39 is 11.9 Å². The summed E-state index contributed by atoms with van der Waals surface area (Å²) >= 11 is 0. The predicted octanol–water partition coefficient (Wildman–Crippen LogP) is 6.61. The van der Waals surface area contributed by atoms with Gasteiger partial charge in [-0.05, 0) is 36.8 Å². The maximum atomic E-state index is 11.3. The van der Waals surface area contributed by atoms with Gasteiger partial charge >= 0.3 is 11.9 Å². The highest BCUT2D eigenvalue weighted by Gasteiger charge is 2.12. The minimum absolute atomic E-state index is 0.151. The summed E-state index contributed by atoms with van der Waals surface area (Å²) < 4.78 is 5.96. The molecule has 0 saturated carbocycles. The molecular weight excluding hydrogens is 396 g/mol. The normalized spacial score (nSPS) is 11.1. The first-order valence-corrected chi connectivity index (χ1v) is 10.2. The Kier molecular flexibility index (Phi) is 7.32. The minimum atomic E-state index is -1.23. The van der Waals surface area contributed by atoms with Gasteiger partial charge in [0, 0.05) is 10.8 Å². The Morgan fingerprint density at radius 1 is 0.839 bits per heavy atom. The predicted molar refractivity (Wildman–Crippen MR) is 118 cm³/mol. The Bertz CT molecular complexity index is 1090. The number of carboxylic acids is 2. The number of ether oxygens (including phenoxy) is 1. The highest BCUT2D eigenvalue weighted by atomic mass is 16.5. The van der Waals surface area contributed by atoms with Gasteiger partial charge in [0.05, 0.1) is 29.1 Å². The highest BCUT2D eigenvalue weighted by molar-refractivity contribution is 5.97. The number of unbranched alkanes of at least 4 members (excludes halogenated alkanes) is 3. The lowest BCUT2D eigenvalue weighted by atomic mass is 10.1. The van der Waals surface area contributed by atoms with Crippen molar-refractivity contribution in [2.24, 2.45) is 10.2 Å². The molecule has 0 heterocycles. The van der Waals surface area contributed by atoms with Crippen LogP contribution in [-0.4, -0.2) is 28.8 Å². The van der Waals surface area contributed by atoms with Crippen LogP contribution in [0.2, 0.25) is 0 Å². The van der Waals surface area contributed by atoms with Crippen LogP contribution in [0.15, 0.2) is 64.8 Å². The van der Waals surface area contributed by atoms with Crippen LogP contribution in [0.4, 0.5) is 11.4 Å². The van der Waals surface area contributed by atoms with Gasteiger partial charge in [0.25, 0.3) is 0 Å². The largest absolute Gasteiger partial charge is 0.493 e. The van der Waals surface area contributed by atoms with Crippen molar-refractivity contribution in [1.29, 1.82) is 0 Å². The quantitative estimate of drug-likeness (QED) is 0.283. The molecule has 3 aromatic carbocycles. The number of hydrogen-bond acceptors (Lipinski definition) is 5. The second-order valence-electron chi connectivity index (χ2n) is 7.12. The fourth-order valence-electron chi connectivity index (χ4n) is 3.21. The molecule has 0 saturated heterocycles. The van der Waals surface area contributed by atoms with Gasteiger partial charge in [-0.15, -0.1) is 5.11 Å². The number of benzene rings is 3. The molecule has 7 nitrogen and oxygen atoms in total. The summed E-state index contributed by atoms with van der Waals surface area (Å²) in [4.78, 5) is 22.6. The third-order valence-electron chi connectivity index (χ3n) is 4.80. The summed E-state index contributed by atoms with van der Waals surface area (Å²) in [5.74, 6) is -1.69. The number of carboxylic acid groups (broad SMARTS) is 2. The zero-order valence-corrected chi connectivity index (χ0v) is 17.2. The molecule has 3 rings (SSSR count). The zero-order chi connectivity index (χ0) is 22.2. The van der Waals surface area contributed by atoms with Gasteiger partial charge in [0.15, 0.2) is 0 Å². The monoisotopic (exact) mass is 420 g/mol. The van der Waals surface area contributed by atoms with Crippen molar-refractivity contribution in [2.75, 3.05) is 6.61 Å². The third kappa shape index (κ3) is 5.66. The van der Waals surface area contributed by atoms with E-state index in [0.717, 1.165) is 35.4 Å². The van der Waals surface area contributed by atoms with Crippen LogP contribution in [0, 0.1) is 0 Å². The van der Waals surface area contributed by atoms with Gasteiger partial charge in [0.1, 0.15) is 5.75 Å². The molecule has 0 spiro atoms. The summed E-state index contributed by atoms with van der Waals surface area (Å²) in [6.45, 7) is 2.81. The van der Waals surface area contributed by atoms with E-state index in [-0.39, 0.29) is 16.8 Å². The van der Waals surface area contributed by atoms with Gasteiger partial charge < -0.3 is 14.9 Å². The lowest BCUT2D eigenvalue weighted by Gasteiger charge is -2.10. The van der Waals surface area contributed by atoms with Crippen LogP contribution in [-0.2, 0) is 0 Å². The molecule has 7 heteroatoms. The van der Waals surface area contributed by atoms with Crippen molar-refractivity contribution in [3.05, 3.63) is 65.7 Å². The van der Waals surface area contributed by atoms with E-state index in [1.54, 1.807) is 6.07 Å². The summed E-state index contributed by atoms with van der Waals surface area (Å²) in [5, 5.41) is 28.5. The van der Waals surface area contributed by atoms with E-state index in [4.69, 9.17) is 4.74 Å². The third-order valence-corrected chi connectivity index (χ3v) is 4.80. The fraction of sp³-hybridized carbons (Fsp3) is 0.250. The molecule has 0 aliphatic carbocycles. The van der Waals surface area contributed by atoms with Crippen LogP contribution >= 0.6 is 0 Å². The number of rotatable bonds is 10. The Morgan fingerprint density at radius 3 is 2.16 bits per heavy atom. The number of nitrogens with zero attached hydrogens (tertiary/aromatic N) is 2. The van der Waals surface area contributed by atoms with E-state index in [9.17, 15) is 19.8 Å². The maximum Gasteiger partial charge on any atom is 0.335 e. The lowest BCUT2D eigenvalue weighted by Crippen LogP contribution is -2.01. The number of hydrogen-bond donors (Lipinski definition) is 2. The molecule has 160 valence electrons. The van der Waals surface area contributed by atoms with E-state index in [1.807, 2.05) is 30.3 Å². The molecule has 2 N–H and O–H groups in total. The van der Waals surface area contributed by atoms with Crippen LogP contribution in [0.3, 0.4) is 0 Å². The molecule has 0 atom stereocenters. The fourth-order valence-corrected chi connectivity index (χ4v) is 3.21. The van der Waals surface area contributed by atoms with Gasteiger partial charge in [-0.25, -0.2) is 9.59 Å². The number of carbonyl (C=O) groups is 2. The van der Waals surface area contributed by atoms with Crippen LogP contribution in [0.25, 0.3) is 10.8 Å². The first-order chi connectivity index (χ1) is 15.0. The molecule has 3 aromatic rings. The Balaban J connectivity index is 1.89. The maximum absolute atomic E-state index is 11.3. The number of fused-ring (bicyclic) bond motifs is 1. The molecule has 31 heavy (non-hydrogen) atoms. The average molecular weight is 420 g/mol. The standard InChI is InChI=1S/C24H24N2O5/c1-2-3-4-7-12-31-22-11-10-21(19-8-5-6-9-20(19)22)26-25-18-14-16(23(27)28)13-17(15-18)24(29)30/h5-6,8-11,13-15H,2-4,7,12H2,1H3,(H,27,28)(H,29,30). The van der Waals surface area contributed by atoms with Crippen molar-refractivity contribution in [2.45, 2.75) is 32.6 Å². The molecule has 0 unspecified atom stereocenters. The van der Waals surface area contributed by atoms with Crippen molar-refractivity contribution in [3.63, 3.8) is 0 Å². The Morgan fingerprint density at radius 2 is 1.52 bits per heavy atom. The van der Waals surface area contributed by atoms with E-state index in [1.165, 1.54) is 25.0 Å². The Labute approximate surface area is 180 Å². The molecule has 0 bridgehead atoms. The van der Waals surface area contributed by atoms with E-state index in [2.05, 4.69) is 17.2 Å².